The summed E-state index contributed by atoms with van der Waals surface area (Å²) in [6.45, 7) is 5.05. The molecule has 26 heavy (non-hydrogen) atoms. The molecule has 6 rings (SSSR count). The average molecular weight is 353 g/mol. The third-order valence-corrected chi connectivity index (χ3v) is 8.62. The molecule has 1 heterocycles. The number of hydrogen-bond donors (Lipinski definition) is 1. The van der Waals surface area contributed by atoms with Crippen molar-refractivity contribution in [2.24, 2.45) is 17.3 Å². The molecule has 3 unspecified atom stereocenters. The van der Waals surface area contributed by atoms with Crippen molar-refractivity contribution < 1.29 is 0 Å². The number of piperidine rings is 1. The fourth-order valence-electron chi connectivity index (χ4n) is 7.68. The van der Waals surface area contributed by atoms with E-state index in [1.165, 1.54) is 64.5 Å². The van der Waals surface area contributed by atoms with Gasteiger partial charge in [0.1, 0.15) is 0 Å². The van der Waals surface area contributed by atoms with Gasteiger partial charge in [-0.1, -0.05) is 30.3 Å². The number of rotatable bonds is 4. The van der Waals surface area contributed by atoms with Crippen LogP contribution in [0.5, 0.6) is 0 Å². The fraction of sp³-hybridized carbons (Fsp3) is 0.750. The van der Waals surface area contributed by atoms with Gasteiger partial charge in [0.05, 0.1) is 0 Å². The highest BCUT2D eigenvalue weighted by atomic mass is 15.1. The molecule has 3 atom stereocenters. The summed E-state index contributed by atoms with van der Waals surface area (Å²) in [4.78, 5) is 2.48. The van der Waals surface area contributed by atoms with E-state index in [2.05, 4.69) is 54.5 Å². The standard InChI is InChI=1S/C24H36N2/c1-18(25-22-8-10-26(2)11-9-22)23-13-19-12-20(14-23)16-24(15-19,17-23)21-6-4-3-5-7-21/h3-7,18-20,22,25H,8-17H2,1-2H3. The van der Waals surface area contributed by atoms with Crippen molar-refractivity contribution in [2.45, 2.75) is 75.8 Å². The predicted octanol–water partition coefficient (Wildman–Crippen LogP) is 4.60. The first-order valence-electron chi connectivity index (χ1n) is 11.1. The van der Waals surface area contributed by atoms with Crippen LogP contribution < -0.4 is 5.32 Å². The lowest BCUT2D eigenvalue weighted by atomic mass is 9.41. The van der Waals surface area contributed by atoms with E-state index in [0.717, 1.165) is 17.9 Å². The van der Waals surface area contributed by atoms with Crippen LogP contribution in [0.4, 0.5) is 0 Å². The molecule has 142 valence electrons. The zero-order chi connectivity index (χ0) is 17.8. The Balaban J connectivity index is 1.38. The first-order chi connectivity index (χ1) is 12.6. The minimum Gasteiger partial charge on any atom is -0.311 e. The van der Waals surface area contributed by atoms with Gasteiger partial charge in [-0.25, -0.2) is 0 Å². The SMILES string of the molecule is CC(NC1CCN(C)CC1)C12CC3CC(CC(c4ccccc4)(C3)C1)C2. The van der Waals surface area contributed by atoms with Gasteiger partial charge in [-0.3, -0.25) is 0 Å². The van der Waals surface area contributed by atoms with Crippen LogP contribution >= 0.6 is 0 Å². The van der Waals surface area contributed by atoms with Crippen LogP contribution in [0.2, 0.25) is 0 Å². The summed E-state index contributed by atoms with van der Waals surface area (Å²) in [7, 11) is 2.27. The first-order valence-corrected chi connectivity index (χ1v) is 11.1. The molecule has 0 amide bonds. The number of likely N-dealkylation sites (tertiary alicyclic amines) is 1. The van der Waals surface area contributed by atoms with Gasteiger partial charge in [-0.15, -0.1) is 0 Å². The Morgan fingerprint density at radius 2 is 1.65 bits per heavy atom. The van der Waals surface area contributed by atoms with Crippen LogP contribution in [0.15, 0.2) is 30.3 Å². The predicted molar refractivity (Wildman–Crippen MR) is 108 cm³/mol. The maximum atomic E-state index is 4.14. The molecule has 5 aliphatic rings. The summed E-state index contributed by atoms with van der Waals surface area (Å²) in [5.41, 5.74) is 2.67. The van der Waals surface area contributed by atoms with Gasteiger partial charge in [-0.2, -0.15) is 0 Å². The number of hydrogen-bond acceptors (Lipinski definition) is 2. The summed E-state index contributed by atoms with van der Waals surface area (Å²) in [6, 6.07) is 13.0. The van der Waals surface area contributed by atoms with E-state index in [1.807, 2.05) is 0 Å². The average Bonchev–Trinajstić information content (AvgIpc) is 2.63. The zero-order valence-electron chi connectivity index (χ0n) is 16.7. The van der Waals surface area contributed by atoms with Crippen LogP contribution in [0, 0.1) is 17.3 Å². The van der Waals surface area contributed by atoms with Gasteiger partial charge in [0.15, 0.2) is 0 Å². The molecule has 2 heteroatoms. The summed E-state index contributed by atoms with van der Waals surface area (Å²) in [5.74, 6) is 1.94. The van der Waals surface area contributed by atoms with Crippen molar-refractivity contribution in [1.82, 2.24) is 10.2 Å². The summed E-state index contributed by atoms with van der Waals surface area (Å²) in [6.07, 6.45) is 11.5. The fourth-order valence-corrected chi connectivity index (χ4v) is 7.68. The van der Waals surface area contributed by atoms with Crippen molar-refractivity contribution in [3.63, 3.8) is 0 Å². The molecule has 0 radical (unpaired) electrons. The van der Waals surface area contributed by atoms with E-state index in [-0.39, 0.29) is 0 Å². The van der Waals surface area contributed by atoms with E-state index in [4.69, 9.17) is 0 Å². The monoisotopic (exact) mass is 352 g/mol. The van der Waals surface area contributed by atoms with Gasteiger partial charge < -0.3 is 10.2 Å². The molecule has 4 aliphatic carbocycles. The molecule has 1 aliphatic heterocycles. The van der Waals surface area contributed by atoms with Crippen LogP contribution in [0.25, 0.3) is 0 Å². The molecule has 1 N–H and O–H groups in total. The summed E-state index contributed by atoms with van der Waals surface area (Å²) >= 11 is 0. The summed E-state index contributed by atoms with van der Waals surface area (Å²) < 4.78 is 0. The maximum absolute atomic E-state index is 4.14. The van der Waals surface area contributed by atoms with Crippen molar-refractivity contribution in [1.29, 1.82) is 0 Å². The topological polar surface area (TPSA) is 15.3 Å². The Morgan fingerprint density at radius 3 is 2.31 bits per heavy atom. The van der Waals surface area contributed by atoms with Gasteiger partial charge in [0.2, 0.25) is 0 Å². The third kappa shape index (κ3) is 2.85. The minimum atomic E-state index is 0.480. The van der Waals surface area contributed by atoms with Crippen molar-refractivity contribution >= 4 is 0 Å². The largest absolute Gasteiger partial charge is 0.311 e. The molecule has 1 saturated heterocycles. The van der Waals surface area contributed by atoms with Crippen LogP contribution in [0.1, 0.15) is 63.9 Å². The normalized spacial score (nSPS) is 41.5. The number of benzene rings is 1. The quantitative estimate of drug-likeness (QED) is 0.852. The molecule has 5 fully saturated rings. The Bertz CT molecular complexity index is 617. The molecular formula is C24H36N2. The lowest BCUT2D eigenvalue weighted by Crippen LogP contribution is -2.61. The molecule has 0 aromatic heterocycles. The highest BCUT2D eigenvalue weighted by Gasteiger charge is 2.59. The highest BCUT2D eigenvalue weighted by molar-refractivity contribution is 5.31. The Morgan fingerprint density at radius 1 is 1.00 bits per heavy atom. The highest BCUT2D eigenvalue weighted by Crippen LogP contribution is 2.66. The van der Waals surface area contributed by atoms with Crippen LogP contribution in [0.3, 0.4) is 0 Å². The second-order valence-corrected chi connectivity index (χ2v) is 10.4. The maximum Gasteiger partial charge on any atom is 0.00983 e. The van der Waals surface area contributed by atoms with E-state index in [9.17, 15) is 0 Å². The van der Waals surface area contributed by atoms with Crippen molar-refractivity contribution in [2.75, 3.05) is 20.1 Å². The van der Waals surface area contributed by atoms with Gasteiger partial charge in [-0.05, 0) is 107 Å². The van der Waals surface area contributed by atoms with Crippen molar-refractivity contribution in [3.05, 3.63) is 35.9 Å². The second-order valence-electron chi connectivity index (χ2n) is 10.4. The lowest BCUT2D eigenvalue weighted by molar-refractivity contribution is -0.0903. The van der Waals surface area contributed by atoms with Crippen molar-refractivity contribution in [3.8, 4) is 0 Å². The molecule has 4 saturated carbocycles. The Hall–Kier alpha value is -0.860. The van der Waals surface area contributed by atoms with Crippen LogP contribution in [-0.4, -0.2) is 37.1 Å². The third-order valence-electron chi connectivity index (χ3n) is 8.62. The minimum absolute atomic E-state index is 0.480. The van der Waals surface area contributed by atoms with E-state index in [1.54, 1.807) is 5.56 Å². The van der Waals surface area contributed by atoms with E-state index in [0.29, 0.717) is 16.9 Å². The van der Waals surface area contributed by atoms with Gasteiger partial charge in [0.25, 0.3) is 0 Å². The molecule has 0 spiro atoms. The number of nitrogens with one attached hydrogen (secondary N) is 1. The molecule has 1 aromatic rings. The van der Waals surface area contributed by atoms with Gasteiger partial charge in [0, 0.05) is 12.1 Å². The Kier molecular flexibility index (Phi) is 4.21. The molecule has 2 nitrogen and oxygen atoms in total. The second kappa shape index (κ2) is 6.34. The van der Waals surface area contributed by atoms with Gasteiger partial charge >= 0.3 is 0 Å². The molecule has 1 aromatic carbocycles. The zero-order valence-corrected chi connectivity index (χ0v) is 16.7. The van der Waals surface area contributed by atoms with E-state index < -0.39 is 0 Å². The smallest absolute Gasteiger partial charge is 0.00983 e. The molecule has 4 bridgehead atoms. The summed E-state index contributed by atoms with van der Waals surface area (Å²) in [5, 5.41) is 4.14. The molecular weight excluding hydrogens is 316 g/mol. The first kappa shape index (κ1) is 17.3. The van der Waals surface area contributed by atoms with Crippen LogP contribution in [-0.2, 0) is 5.41 Å². The van der Waals surface area contributed by atoms with E-state index >= 15 is 0 Å². The Labute approximate surface area is 159 Å². The number of nitrogens with zero attached hydrogens (tertiary/aromatic N) is 1. The lowest BCUT2D eigenvalue weighted by Gasteiger charge is -2.64.